The molecule has 0 saturated heterocycles. The van der Waals surface area contributed by atoms with Gasteiger partial charge in [0.1, 0.15) is 5.82 Å². The molecule has 0 aliphatic heterocycles. The first-order valence-electron chi connectivity index (χ1n) is 4.60. The van der Waals surface area contributed by atoms with Gasteiger partial charge in [-0.1, -0.05) is 6.42 Å². The lowest BCUT2D eigenvalue weighted by Crippen LogP contribution is -2.20. The van der Waals surface area contributed by atoms with Gasteiger partial charge in [-0.05, 0) is 12.8 Å². The fourth-order valence-corrected chi connectivity index (χ4v) is 1.51. The van der Waals surface area contributed by atoms with Gasteiger partial charge in [-0.15, -0.1) is 24.8 Å². The van der Waals surface area contributed by atoms with Crippen LogP contribution in [0.5, 0.6) is 0 Å². The zero-order chi connectivity index (χ0) is 9.26. The van der Waals surface area contributed by atoms with E-state index in [-0.39, 0.29) is 30.4 Å². The van der Waals surface area contributed by atoms with Gasteiger partial charge in [0.2, 0.25) is 0 Å². The predicted molar refractivity (Wildman–Crippen MR) is 63.8 cm³/mol. The lowest BCUT2D eigenvalue weighted by molar-refractivity contribution is 0.399. The molecular weight excluding hydrogens is 237 g/mol. The minimum atomic E-state index is -0.0858. The third-order valence-corrected chi connectivity index (χ3v) is 2.51. The van der Waals surface area contributed by atoms with Crippen molar-refractivity contribution in [2.45, 2.75) is 31.7 Å². The average molecular weight is 252 g/mol. The second-order valence-electron chi connectivity index (χ2n) is 3.45. The molecule has 6 heteroatoms. The Morgan fingerprint density at radius 1 is 1.47 bits per heavy atom. The molecule has 15 heavy (non-hydrogen) atoms. The van der Waals surface area contributed by atoms with Crippen molar-refractivity contribution in [2.24, 2.45) is 5.73 Å². The largest absolute Gasteiger partial charge is 0.325 e. The maximum absolute atomic E-state index is 11.2. The van der Waals surface area contributed by atoms with Gasteiger partial charge in [0.25, 0.3) is 5.56 Å². The molecule has 4 nitrogen and oxygen atoms in total. The van der Waals surface area contributed by atoms with E-state index in [0.29, 0.717) is 18.2 Å². The first-order valence-corrected chi connectivity index (χ1v) is 4.60. The standard InChI is InChI=1S/C9H13N3O.2ClH/c10-5-7-4-8(13)12-9(11-7)6-2-1-3-6;;/h4,6H,1-3,5,10H2,(H,11,12,13);2*1H. The number of aromatic nitrogens is 2. The molecule has 86 valence electrons. The molecule has 0 unspecified atom stereocenters. The summed E-state index contributed by atoms with van der Waals surface area (Å²) in [6.45, 7) is 0.337. The Bertz CT molecular complexity index is 363. The van der Waals surface area contributed by atoms with Crippen molar-refractivity contribution in [3.05, 3.63) is 27.9 Å². The van der Waals surface area contributed by atoms with E-state index in [2.05, 4.69) is 9.97 Å². The highest BCUT2D eigenvalue weighted by atomic mass is 35.5. The number of rotatable bonds is 2. The quantitative estimate of drug-likeness (QED) is 0.834. The van der Waals surface area contributed by atoms with Crippen molar-refractivity contribution >= 4 is 24.8 Å². The minimum absolute atomic E-state index is 0. The Hall–Kier alpha value is -0.580. The molecule has 1 aromatic heterocycles. The molecule has 2 rings (SSSR count). The molecule has 0 bridgehead atoms. The second kappa shape index (κ2) is 6.10. The Balaban J connectivity index is 0.000000980. The van der Waals surface area contributed by atoms with Crippen molar-refractivity contribution in [1.82, 2.24) is 9.97 Å². The van der Waals surface area contributed by atoms with Crippen LogP contribution in [-0.4, -0.2) is 9.97 Å². The zero-order valence-electron chi connectivity index (χ0n) is 8.23. The fourth-order valence-electron chi connectivity index (χ4n) is 1.51. The molecule has 0 aromatic carbocycles. The van der Waals surface area contributed by atoms with E-state index < -0.39 is 0 Å². The number of H-pyrrole nitrogens is 1. The van der Waals surface area contributed by atoms with Crippen LogP contribution in [0.2, 0.25) is 0 Å². The van der Waals surface area contributed by atoms with Crippen LogP contribution in [0.3, 0.4) is 0 Å². The van der Waals surface area contributed by atoms with E-state index in [1.54, 1.807) is 0 Å². The molecule has 0 spiro atoms. The first-order chi connectivity index (χ1) is 6.29. The molecule has 1 saturated carbocycles. The summed E-state index contributed by atoms with van der Waals surface area (Å²) in [5.41, 5.74) is 6.03. The molecule has 0 atom stereocenters. The van der Waals surface area contributed by atoms with Crippen LogP contribution < -0.4 is 11.3 Å². The van der Waals surface area contributed by atoms with E-state index in [0.717, 1.165) is 18.7 Å². The van der Waals surface area contributed by atoms with Crippen LogP contribution >= 0.6 is 24.8 Å². The summed E-state index contributed by atoms with van der Waals surface area (Å²) >= 11 is 0. The Labute approximate surface area is 100 Å². The molecule has 1 aliphatic carbocycles. The molecule has 0 amide bonds. The summed E-state index contributed by atoms with van der Waals surface area (Å²) in [6, 6.07) is 1.46. The van der Waals surface area contributed by atoms with E-state index in [9.17, 15) is 4.79 Å². The summed E-state index contributed by atoms with van der Waals surface area (Å²) in [4.78, 5) is 18.2. The SMILES string of the molecule is Cl.Cl.NCc1cc(=O)[nH]c(C2CCC2)n1. The van der Waals surface area contributed by atoms with Gasteiger partial charge < -0.3 is 10.7 Å². The van der Waals surface area contributed by atoms with Crippen LogP contribution in [0, 0.1) is 0 Å². The van der Waals surface area contributed by atoms with Gasteiger partial charge in [-0.3, -0.25) is 4.79 Å². The summed E-state index contributed by atoms with van der Waals surface area (Å²) in [7, 11) is 0. The highest BCUT2D eigenvalue weighted by Crippen LogP contribution is 2.33. The molecule has 0 radical (unpaired) electrons. The molecule has 1 aromatic rings. The number of nitrogens with zero attached hydrogens (tertiary/aromatic N) is 1. The number of aromatic amines is 1. The second-order valence-corrected chi connectivity index (χ2v) is 3.45. The Kier molecular flexibility index (Phi) is 5.87. The molecular formula is C9H15Cl2N3O. The average Bonchev–Trinajstić information content (AvgIpc) is 2.00. The van der Waals surface area contributed by atoms with Crippen molar-refractivity contribution < 1.29 is 0 Å². The third-order valence-electron chi connectivity index (χ3n) is 2.51. The van der Waals surface area contributed by atoms with Gasteiger partial charge in [0, 0.05) is 18.5 Å². The minimum Gasteiger partial charge on any atom is -0.325 e. The van der Waals surface area contributed by atoms with Gasteiger partial charge >= 0.3 is 0 Å². The number of nitrogens with one attached hydrogen (secondary N) is 1. The zero-order valence-corrected chi connectivity index (χ0v) is 9.87. The molecule has 1 aliphatic rings. The van der Waals surface area contributed by atoms with E-state index >= 15 is 0 Å². The molecule has 1 heterocycles. The smallest absolute Gasteiger partial charge is 0.251 e. The van der Waals surface area contributed by atoms with Crippen LogP contribution in [0.15, 0.2) is 10.9 Å². The lowest BCUT2D eigenvalue weighted by Gasteiger charge is -2.24. The van der Waals surface area contributed by atoms with Gasteiger partial charge in [-0.25, -0.2) is 4.98 Å². The van der Waals surface area contributed by atoms with E-state index in [1.165, 1.54) is 12.5 Å². The highest BCUT2D eigenvalue weighted by Gasteiger charge is 2.21. The van der Waals surface area contributed by atoms with Crippen LogP contribution in [0.4, 0.5) is 0 Å². The topological polar surface area (TPSA) is 71.8 Å². The lowest BCUT2D eigenvalue weighted by atomic mass is 9.85. The van der Waals surface area contributed by atoms with Crippen molar-refractivity contribution in [3.8, 4) is 0 Å². The Morgan fingerprint density at radius 2 is 2.13 bits per heavy atom. The summed E-state index contributed by atoms with van der Waals surface area (Å²) in [5, 5.41) is 0. The summed E-state index contributed by atoms with van der Waals surface area (Å²) in [6.07, 6.45) is 3.51. The van der Waals surface area contributed by atoms with E-state index in [1.807, 2.05) is 0 Å². The van der Waals surface area contributed by atoms with Crippen LogP contribution in [0.1, 0.15) is 36.7 Å². The number of halogens is 2. The van der Waals surface area contributed by atoms with Gasteiger partial charge in [-0.2, -0.15) is 0 Å². The van der Waals surface area contributed by atoms with Crippen molar-refractivity contribution in [1.29, 1.82) is 0 Å². The van der Waals surface area contributed by atoms with Gasteiger partial charge in [0.15, 0.2) is 0 Å². The maximum atomic E-state index is 11.2. The Morgan fingerprint density at radius 3 is 2.60 bits per heavy atom. The van der Waals surface area contributed by atoms with E-state index in [4.69, 9.17) is 5.73 Å². The number of nitrogens with two attached hydrogens (primary N) is 1. The highest BCUT2D eigenvalue weighted by molar-refractivity contribution is 5.85. The van der Waals surface area contributed by atoms with Gasteiger partial charge in [0.05, 0.1) is 5.69 Å². The molecule has 1 fully saturated rings. The predicted octanol–water partition coefficient (Wildman–Crippen LogP) is 1.34. The first kappa shape index (κ1) is 14.4. The summed E-state index contributed by atoms with van der Waals surface area (Å²) < 4.78 is 0. The van der Waals surface area contributed by atoms with Crippen LogP contribution in [0.25, 0.3) is 0 Å². The number of hydrogen-bond acceptors (Lipinski definition) is 3. The maximum Gasteiger partial charge on any atom is 0.251 e. The molecule has 3 N–H and O–H groups in total. The van der Waals surface area contributed by atoms with Crippen molar-refractivity contribution in [2.75, 3.05) is 0 Å². The third kappa shape index (κ3) is 3.19. The monoisotopic (exact) mass is 251 g/mol. The fraction of sp³-hybridized carbons (Fsp3) is 0.556. The van der Waals surface area contributed by atoms with Crippen LogP contribution in [-0.2, 0) is 6.54 Å². The summed E-state index contributed by atoms with van der Waals surface area (Å²) in [5.74, 6) is 1.28. The normalized spacial score (nSPS) is 14.7. The van der Waals surface area contributed by atoms with Crippen molar-refractivity contribution in [3.63, 3.8) is 0 Å². The number of hydrogen-bond donors (Lipinski definition) is 2.